The maximum absolute atomic E-state index is 12.4. The summed E-state index contributed by atoms with van der Waals surface area (Å²) < 4.78 is 0. The van der Waals surface area contributed by atoms with Crippen LogP contribution >= 0.6 is 0 Å². The predicted molar refractivity (Wildman–Crippen MR) is 82.3 cm³/mol. The first-order chi connectivity index (χ1) is 10.2. The summed E-state index contributed by atoms with van der Waals surface area (Å²) >= 11 is 0. The fraction of sp³-hybridized carbons (Fsp3) is 0.188. The zero-order valence-electron chi connectivity index (χ0n) is 12.0. The first-order valence-electron chi connectivity index (χ1n) is 6.64. The van der Waals surface area contributed by atoms with Gasteiger partial charge in [-0.25, -0.2) is 4.98 Å². The number of hydrogen-bond acceptors (Lipinski definition) is 4. The van der Waals surface area contributed by atoms with Crippen LogP contribution in [0.5, 0.6) is 0 Å². The number of aromatic nitrogens is 1. The first kappa shape index (κ1) is 14.5. The van der Waals surface area contributed by atoms with Crippen molar-refractivity contribution >= 4 is 17.4 Å². The lowest BCUT2D eigenvalue weighted by Crippen LogP contribution is -2.26. The van der Waals surface area contributed by atoms with Gasteiger partial charge in [0, 0.05) is 25.5 Å². The molecule has 1 aromatic carbocycles. The molecule has 0 aliphatic heterocycles. The molecule has 0 fully saturated rings. The van der Waals surface area contributed by atoms with Crippen molar-refractivity contribution in [2.45, 2.75) is 6.92 Å². The average molecular weight is 280 g/mol. The van der Waals surface area contributed by atoms with Crippen molar-refractivity contribution in [2.75, 3.05) is 23.8 Å². The third-order valence-corrected chi connectivity index (χ3v) is 3.06. The summed E-state index contributed by atoms with van der Waals surface area (Å²) in [5.74, 6) is 0.602. The SMILES string of the molecule is CCNc1ccc(C(=O)N(C)c2ccc(C#N)cc2)cn1. The standard InChI is InChI=1S/C16H16N4O/c1-3-18-15-9-6-13(11-19-15)16(21)20(2)14-7-4-12(10-17)5-8-14/h4-9,11H,3H2,1-2H3,(H,18,19). The monoisotopic (exact) mass is 280 g/mol. The van der Waals surface area contributed by atoms with Gasteiger partial charge in [0.05, 0.1) is 17.2 Å². The van der Waals surface area contributed by atoms with Crippen LogP contribution in [0.1, 0.15) is 22.8 Å². The minimum Gasteiger partial charge on any atom is -0.370 e. The molecule has 5 nitrogen and oxygen atoms in total. The highest BCUT2D eigenvalue weighted by atomic mass is 16.2. The molecule has 0 spiro atoms. The molecule has 0 radical (unpaired) electrons. The van der Waals surface area contributed by atoms with Crippen LogP contribution in [0, 0.1) is 11.3 Å². The van der Waals surface area contributed by atoms with E-state index < -0.39 is 0 Å². The Morgan fingerprint density at radius 3 is 2.52 bits per heavy atom. The van der Waals surface area contributed by atoms with Crippen molar-refractivity contribution in [1.82, 2.24) is 4.98 Å². The first-order valence-corrected chi connectivity index (χ1v) is 6.64. The van der Waals surface area contributed by atoms with Crippen LogP contribution < -0.4 is 10.2 Å². The van der Waals surface area contributed by atoms with E-state index in [-0.39, 0.29) is 5.91 Å². The second kappa shape index (κ2) is 6.53. The highest BCUT2D eigenvalue weighted by Gasteiger charge is 2.13. The normalized spacial score (nSPS) is 9.76. The van der Waals surface area contributed by atoms with Crippen LogP contribution in [0.4, 0.5) is 11.5 Å². The number of carbonyl (C=O) groups excluding carboxylic acids is 1. The number of pyridine rings is 1. The number of rotatable bonds is 4. The Kier molecular flexibility index (Phi) is 4.52. The molecule has 1 amide bonds. The molecular formula is C16H16N4O. The number of nitrogens with zero attached hydrogens (tertiary/aromatic N) is 3. The zero-order chi connectivity index (χ0) is 15.2. The lowest BCUT2D eigenvalue weighted by atomic mass is 10.2. The fourth-order valence-corrected chi connectivity index (χ4v) is 1.88. The molecule has 1 N–H and O–H groups in total. The van der Waals surface area contributed by atoms with Crippen LogP contribution in [-0.2, 0) is 0 Å². The second-order valence-corrected chi connectivity index (χ2v) is 4.49. The molecule has 0 saturated carbocycles. The number of nitrogens with one attached hydrogen (secondary N) is 1. The van der Waals surface area contributed by atoms with Crippen LogP contribution in [0.15, 0.2) is 42.6 Å². The van der Waals surface area contributed by atoms with Crippen molar-refractivity contribution in [3.8, 4) is 6.07 Å². The molecule has 1 aromatic heterocycles. The van der Waals surface area contributed by atoms with Gasteiger partial charge in [-0.15, -0.1) is 0 Å². The summed E-state index contributed by atoms with van der Waals surface area (Å²) in [6, 6.07) is 12.4. The van der Waals surface area contributed by atoms with E-state index in [1.54, 1.807) is 49.6 Å². The molecule has 2 rings (SSSR count). The van der Waals surface area contributed by atoms with Crippen LogP contribution in [-0.4, -0.2) is 24.5 Å². The Bertz CT molecular complexity index is 656. The maximum atomic E-state index is 12.4. The molecular weight excluding hydrogens is 264 g/mol. The molecule has 0 aliphatic carbocycles. The van der Waals surface area contributed by atoms with Gasteiger partial charge >= 0.3 is 0 Å². The molecule has 2 aromatic rings. The van der Waals surface area contributed by atoms with Crippen LogP contribution in [0.25, 0.3) is 0 Å². The smallest absolute Gasteiger partial charge is 0.259 e. The Balaban J connectivity index is 2.16. The summed E-state index contributed by atoms with van der Waals surface area (Å²) in [7, 11) is 1.70. The van der Waals surface area contributed by atoms with Gasteiger partial charge in [0.2, 0.25) is 0 Å². The van der Waals surface area contributed by atoms with E-state index in [0.29, 0.717) is 11.1 Å². The summed E-state index contributed by atoms with van der Waals surface area (Å²) in [5.41, 5.74) is 1.81. The number of benzene rings is 1. The van der Waals surface area contributed by atoms with Crippen molar-refractivity contribution in [3.05, 3.63) is 53.7 Å². The third-order valence-electron chi connectivity index (χ3n) is 3.06. The largest absolute Gasteiger partial charge is 0.370 e. The highest BCUT2D eigenvalue weighted by molar-refractivity contribution is 6.05. The van der Waals surface area contributed by atoms with E-state index in [9.17, 15) is 4.79 Å². The molecule has 1 heterocycles. The Morgan fingerprint density at radius 1 is 1.29 bits per heavy atom. The molecule has 0 saturated heterocycles. The van der Waals surface area contributed by atoms with Gasteiger partial charge in [-0.1, -0.05) is 0 Å². The molecule has 21 heavy (non-hydrogen) atoms. The van der Waals surface area contributed by atoms with E-state index in [1.165, 1.54) is 4.90 Å². The molecule has 0 bridgehead atoms. The number of anilines is 2. The lowest BCUT2D eigenvalue weighted by Gasteiger charge is -2.17. The van der Waals surface area contributed by atoms with Crippen LogP contribution in [0.2, 0.25) is 0 Å². The molecule has 106 valence electrons. The quantitative estimate of drug-likeness (QED) is 0.934. The van der Waals surface area contributed by atoms with Gasteiger partial charge in [-0.05, 0) is 43.3 Å². The van der Waals surface area contributed by atoms with E-state index in [2.05, 4.69) is 16.4 Å². The van der Waals surface area contributed by atoms with Gasteiger partial charge in [0.15, 0.2) is 0 Å². The number of hydrogen-bond donors (Lipinski definition) is 1. The minimum atomic E-state index is -0.143. The second-order valence-electron chi connectivity index (χ2n) is 4.49. The summed E-state index contributed by atoms with van der Waals surface area (Å²) in [4.78, 5) is 18.1. The van der Waals surface area contributed by atoms with Crippen molar-refractivity contribution in [2.24, 2.45) is 0 Å². The average Bonchev–Trinajstić information content (AvgIpc) is 2.54. The zero-order valence-corrected chi connectivity index (χ0v) is 12.0. The molecule has 0 unspecified atom stereocenters. The van der Waals surface area contributed by atoms with E-state index in [0.717, 1.165) is 18.1 Å². The van der Waals surface area contributed by atoms with E-state index in [4.69, 9.17) is 5.26 Å². The highest BCUT2D eigenvalue weighted by Crippen LogP contribution is 2.16. The number of carbonyl (C=O) groups is 1. The fourth-order valence-electron chi connectivity index (χ4n) is 1.88. The number of amides is 1. The minimum absolute atomic E-state index is 0.143. The molecule has 5 heteroatoms. The summed E-state index contributed by atoms with van der Waals surface area (Å²) in [6.07, 6.45) is 1.56. The Labute approximate surface area is 123 Å². The third kappa shape index (κ3) is 3.37. The van der Waals surface area contributed by atoms with Crippen LogP contribution in [0.3, 0.4) is 0 Å². The van der Waals surface area contributed by atoms with Gasteiger partial charge in [-0.3, -0.25) is 4.79 Å². The summed E-state index contributed by atoms with van der Waals surface area (Å²) in [5, 5.41) is 11.9. The van der Waals surface area contributed by atoms with Gasteiger partial charge in [-0.2, -0.15) is 5.26 Å². The molecule has 0 atom stereocenters. The number of nitriles is 1. The van der Waals surface area contributed by atoms with E-state index >= 15 is 0 Å². The predicted octanol–water partition coefficient (Wildman–Crippen LogP) is 2.66. The lowest BCUT2D eigenvalue weighted by molar-refractivity contribution is 0.0992. The van der Waals surface area contributed by atoms with Gasteiger partial charge < -0.3 is 10.2 Å². The van der Waals surface area contributed by atoms with Crippen molar-refractivity contribution in [3.63, 3.8) is 0 Å². The molecule has 0 aliphatic rings. The Morgan fingerprint density at radius 2 is 2.00 bits per heavy atom. The summed E-state index contributed by atoms with van der Waals surface area (Å²) in [6.45, 7) is 2.77. The maximum Gasteiger partial charge on any atom is 0.259 e. The van der Waals surface area contributed by atoms with Gasteiger partial charge in [0.25, 0.3) is 5.91 Å². The van der Waals surface area contributed by atoms with Gasteiger partial charge in [0.1, 0.15) is 5.82 Å². The Hall–Kier alpha value is -2.87. The van der Waals surface area contributed by atoms with Crippen molar-refractivity contribution < 1.29 is 4.79 Å². The topological polar surface area (TPSA) is 69.0 Å². The van der Waals surface area contributed by atoms with Crippen molar-refractivity contribution in [1.29, 1.82) is 5.26 Å². The van der Waals surface area contributed by atoms with E-state index in [1.807, 2.05) is 6.92 Å².